The first-order valence-electron chi connectivity index (χ1n) is 9.68. The van der Waals surface area contributed by atoms with Gasteiger partial charge in [0.05, 0.1) is 0 Å². The van der Waals surface area contributed by atoms with Crippen molar-refractivity contribution in [3.05, 3.63) is 0 Å². The lowest BCUT2D eigenvalue weighted by molar-refractivity contribution is -0.129. The number of rotatable bonds is 4. The van der Waals surface area contributed by atoms with Crippen molar-refractivity contribution in [2.24, 2.45) is 28.6 Å². The zero-order valence-electron chi connectivity index (χ0n) is 15.1. The van der Waals surface area contributed by atoms with E-state index in [4.69, 9.17) is 0 Å². The van der Waals surface area contributed by atoms with E-state index in [1.165, 1.54) is 32.0 Å². The van der Waals surface area contributed by atoms with Crippen LogP contribution in [0.5, 0.6) is 0 Å². The van der Waals surface area contributed by atoms with Gasteiger partial charge in [-0.15, -0.1) is 0 Å². The number of hydrogen-bond acceptors (Lipinski definition) is 2. The molecule has 0 radical (unpaired) electrons. The molecule has 1 N–H and O–H groups in total. The lowest BCUT2D eigenvalue weighted by Gasteiger charge is -2.52. The summed E-state index contributed by atoms with van der Waals surface area (Å²) >= 11 is 0. The van der Waals surface area contributed by atoms with Crippen molar-refractivity contribution in [2.75, 3.05) is 0 Å². The average molecular weight is 319 g/mol. The van der Waals surface area contributed by atoms with E-state index in [1.807, 2.05) is 0 Å². The maximum Gasteiger partial charge on any atom is 0.220 e. The first-order valence-corrected chi connectivity index (χ1v) is 9.68. The number of aldehydes is 1. The number of carbonyl (C=O) groups is 2. The van der Waals surface area contributed by atoms with E-state index in [0.29, 0.717) is 24.3 Å². The molecular formula is C20H33NO2. The van der Waals surface area contributed by atoms with Gasteiger partial charge in [-0.25, -0.2) is 0 Å². The summed E-state index contributed by atoms with van der Waals surface area (Å²) in [5.41, 5.74) is 0.483. The van der Waals surface area contributed by atoms with Crippen molar-refractivity contribution in [3.8, 4) is 0 Å². The molecule has 6 atom stereocenters. The Bertz CT molecular complexity index is 476. The predicted octanol–water partition coefficient (Wildman–Crippen LogP) is 4.10. The van der Waals surface area contributed by atoms with Crippen molar-refractivity contribution in [1.82, 2.24) is 5.32 Å². The molecule has 130 valence electrons. The molecule has 1 amide bonds. The number of amides is 1. The number of hydrogen-bond donors (Lipinski definition) is 1. The quantitative estimate of drug-likeness (QED) is 0.793. The van der Waals surface area contributed by atoms with Crippen LogP contribution in [0.15, 0.2) is 0 Å². The molecule has 0 aromatic rings. The minimum atomic E-state index is 0.239. The van der Waals surface area contributed by atoms with Gasteiger partial charge in [0.1, 0.15) is 6.29 Å². The van der Waals surface area contributed by atoms with Gasteiger partial charge in [0.2, 0.25) is 5.91 Å². The molecule has 2 saturated carbocycles. The normalized spacial score (nSPS) is 47.0. The second-order valence-electron chi connectivity index (χ2n) is 8.91. The van der Waals surface area contributed by atoms with E-state index in [0.717, 1.165) is 25.7 Å². The molecule has 0 bridgehead atoms. The van der Waals surface area contributed by atoms with Crippen LogP contribution in [0.2, 0.25) is 0 Å². The average Bonchev–Trinajstić information content (AvgIpc) is 2.86. The van der Waals surface area contributed by atoms with Gasteiger partial charge in [0.25, 0.3) is 0 Å². The minimum absolute atomic E-state index is 0.239. The van der Waals surface area contributed by atoms with Crippen LogP contribution < -0.4 is 5.32 Å². The van der Waals surface area contributed by atoms with Crippen LogP contribution in [0.25, 0.3) is 0 Å². The summed E-state index contributed by atoms with van der Waals surface area (Å²) in [7, 11) is 0. The second kappa shape index (κ2) is 6.22. The van der Waals surface area contributed by atoms with Gasteiger partial charge in [-0.05, 0) is 67.6 Å². The minimum Gasteiger partial charge on any atom is -0.353 e. The smallest absolute Gasteiger partial charge is 0.220 e. The zero-order valence-corrected chi connectivity index (χ0v) is 15.1. The predicted molar refractivity (Wildman–Crippen MR) is 91.9 cm³/mol. The fourth-order valence-electron chi connectivity index (χ4n) is 6.06. The molecule has 3 rings (SSSR count). The van der Waals surface area contributed by atoms with Crippen LogP contribution in [0, 0.1) is 28.6 Å². The van der Waals surface area contributed by atoms with E-state index in [9.17, 15) is 9.59 Å². The summed E-state index contributed by atoms with van der Waals surface area (Å²) in [5, 5.41) is 3.30. The van der Waals surface area contributed by atoms with Gasteiger partial charge in [0, 0.05) is 18.4 Å². The van der Waals surface area contributed by atoms with E-state index in [2.05, 4.69) is 26.1 Å². The molecule has 0 aromatic carbocycles. The van der Waals surface area contributed by atoms with Gasteiger partial charge >= 0.3 is 0 Å². The Morgan fingerprint density at radius 1 is 1.13 bits per heavy atom. The van der Waals surface area contributed by atoms with E-state index in [1.54, 1.807) is 0 Å². The highest BCUT2D eigenvalue weighted by Gasteiger charge is 2.54. The highest BCUT2D eigenvalue weighted by Crippen LogP contribution is 2.59. The molecule has 5 unspecified atom stereocenters. The van der Waals surface area contributed by atoms with Crippen LogP contribution >= 0.6 is 0 Å². The molecular weight excluding hydrogens is 286 g/mol. The van der Waals surface area contributed by atoms with E-state index in [-0.39, 0.29) is 22.7 Å². The van der Waals surface area contributed by atoms with Gasteiger partial charge < -0.3 is 10.1 Å². The summed E-state index contributed by atoms with van der Waals surface area (Å²) in [6.07, 6.45) is 11.1. The van der Waals surface area contributed by atoms with Gasteiger partial charge in [-0.2, -0.15) is 0 Å². The van der Waals surface area contributed by atoms with Crippen molar-refractivity contribution in [1.29, 1.82) is 0 Å². The van der Waals surface area contributed by atoms with Gasteiger partial charge in [0.15, 0.2) is 0 Å². The van der Waals surface area contributed by atoms with Crippen LogP contribution in [0.4, 0.5) is 0 Å². The number of nitrogens with one attached hydrogen (secondary N) is 1. The molecule has 1 saturated heterocycles. The Morgan fingerprint density at radius 2 is 1.87 bits per heavy atom. The fraction of sp³-hybridized carbons (Fsp3) is 0.900. The number of piperidine rings is 1. The van der Waals surface area contributed by atoms with Crippen LogP contribution in [0.3, 0.4) is 0 Å². The summed E-state index contributed by atoms with van der Waals surface area (Å²) < 4.78 is 0. The first kappa shape index (κ1) is 17.0. The van der Waals surface area contributed by atoms with Crippen molar-refractivity contribution in [3.63, 3.8) is 0 Å². The monoisotopic (exact) mass is 319 g/mol. The maximum atomic E-state index is 11.9. The SMILES string of the molecule is CCC[C@H]1NC(=O)CCC1(C)C1CCC2(C)C(C=O)CCC2C1. The summed E-state index contributed by atoms with van der Waals surface area (Å²) in [4.78, 5) is 23.3. The third-order valence-corrected chi connectivity index (χ3v) is 7.90. The Labute approximate surface area is 141 Å². The largest absolute Gasteiger partial charge is 0.353 e. The Balaban J connectivity index is 1.77. The molecule has 2 aliphatic carbocycles. The first-order chi connectivity index (χ1) is 10.9. The van der Waals surface area contributed by atoms with E-state index >= 15 is 0 Å². The third kappa shape index (κ3) is 2.74. The topological polar surface area (TPSA) is 46.2 Å². The lowest BCUT2D eigenvalue weighted by Crippen LogP contribution is -2.55. The highest BCUT2D eigenvalue weighted by molar-refractivity contribution is 5.77. The molecule has 3 heteroatoms. The van der Waals surface area contributed by atoms with Gasteiger partial charge in [-0.3, -0.25) is 4.79 Å². The third-order valence-electron chi connectivity index (χ3n) is 7.90. The molecule has 3 fully saturated rings. The Hall–Kier alpha value is -0.860. The molecule has 0 aromatic heterocycles. The zero-order chi connectivity index (χ0) is 16.7. The lowest BCUT2D eigenvalue weighted by atomic mass is 9.55. The number of fused-ring (bicyclic) bond motifs is 1. The Kier molecular flexibility index (Phi) is 4.59. The van der Waals surface area contributed by atoms with Gasteiger partial charge in [-0.1, -0.05) is 27.2 Å². The van der Waals surface area contributed by atoms with Crippen LogP contribution in [-0.4, -0.2) is 18.2 Å². The summed E-state index contributed by atoms with van der Waals surface area (Å²) in [5.74, 6) is 1.92. The molecule has 3 nitrogen and oxygen atoms in total. The van der Waals surface area contributed by atoms with Crippen LogP contribution in [0.1, 0.15) is 78.6 Å². The van der Waals surface area contributed by atoms with Crippen molar-refractivity contribution >= 4 is 12.2 Å². The molecule has 1 aliphatic heterocycles. The highest BCUT2D eigenvalue weighted by atomic mass is 16.1. The summed E-state index contributed by atoms with van der Waals surface area (Å²) in [6, 6.07) is 0.339. The Morgan fingerprint density at radius 3 is 2.57 bits per heavy atom. The molecule has 23 heavy (non-hydrogen) atoms. The molecule has 1 heterocycles. The molecule has 3 aliphatic rings. The van der Waals surface area contributed by atoms with E-state index < -0.39 is 0 Å². The van der Waals surface area contributed by atoms with Crippen molar-refractivity contribution in [2.45, 2.75) is 84.6 Å². The molecule has 0 spiro atoms. The standard InChI is InChI=1S/C20H33NO2/c1-4-5-17-20(3,11-9-18(23)21-17)15-8-10-19(2)14(12-15)6-7-16(19)13-22/h13-17H,4-12H2,1-3H3,(H,21,23)/t14?,15?,16?,17-,19?,20?/m1/s1. The summed E-state index contributed by atoms with van der Waals surface area (Å²) in [6.45, 7) is 6.99. The second-order valence-corrected chi connectivity index (χ2v) is 8.91. The van der Waals surface area contributed by atoms with Crippen LogP contribution in [-0.2, 0) is 9.59 Å². The fourth-order valence-corrected chi connectivity index (χ4v) is 6.06. The number of carbonyl (C=O) groups excluding carboxylic acids is 2. The maximum absolute atomic E-state index is 11.9. The van der Waals surface area contributed by atoms with Crippen molar-refractivity contribution < 1.29 is 9.59 Å².